The van der Waals surface area contributed by atoms with Crippen molar-refractivity contribution in [3.8, 4) is 11.5 Å². The molecular weight excluding hydrogens is 408 g/mol. The van der Waals surface area contributed by atoms with Crippen molar-refractivity contribution in [2.45, 2.75) is 44.8 Å². The highest BCUT2D eigenvalue weighted by Crippen LogP contribution is 2.29. The molecule has 0 bridgehead atoms. The number of para-hydroxylation sites is 2. The Hall–Kier alpha value is -3.06. The van der Waals surface area contributed by atoms with Crippen LogP contribution in [-0.2, 0) is 9.53 Å². The van der Waals surface area contributed by atoms with Gasteiger partial charge in [-0.1, -0.05) is 18.2 Å². The van der Waals surface area contributed by atoms with Crippen molar-refractivity contribution in [2.75, 3.05) is 31.6 Å². The molecule has 2 aliphatic heterocycles. The second-order valence-electron chi connectivity index (χ2n) is 8.06. The maximum Gasteiger partial charge on any atom is 0.253 e. The zero-order valence-corrected chi connectivity index (χ0v) is 18.4. The smallest absolute Gasteiger partial charge is 0.253 e. The molecule has 2 amide bonds. The van der Waals surface area contributed by atoms with Crippen LogP contribution in [0.1, 0.15) is 43.0 Å². The lowest BCUT2D eigenvalue weighted by Crippen LogP contribution is -2.41. The average Bonchev–Trinajstić information content (AvgIpc) is 3.36. The number of hydrogen-bond donors (Lipinski definition) is 1. The average molecular weight is 439 g/mol. The van der Waals surface area contributed by atoms with E-state index in [9.17, 15) is 9.59 Å². The highest BCUT2D eigenvalue weighted by molar-refractivity contribution is 5.98. The zero-order chi connectivity index (χ0) is 22.3. The van der Waals surface area contributed by atoms with Gasteiger partial charge in [-0.25, -0.2) is 0 Å². The van der Waals surface area contributed by atoms with E-state index in [-0.39, 0.29) is 17.9 Å². The Morgan fingerprint density at radius 2 is 1.84 bits per heavy atom. The third-order valence-corrected chi connectivity index (χ3v) is 5.77. The standard InChI is InChI=1S/C25H30N2O5/c1-2-30-21-9-3-4-10-22(21)32-20-12-14-27(15-13-20)25(29)18-7-5-8-19(17-18)26-24(28)23-11-6-16-31-23/h3-5,7-10,17,20,23H,2,6,11-16H2,1H3,(H,26,28). The molecule has 7 heteroatoms. The summed E-state index contributed by atoms with van der Waals surface area (Å²) >= 11 is 0. The van der Waals surface area contributed by atoms with Crippen molar-refractivity contribution in [1.29, 1.82) is 0 Å². The first-order valence-corrected chi connectivity index (χ1v) is 11.3. The number of anilines is 1. The summed E-state index contributed by atoms with van der Waals surface area (Å²) in [5, 5.41) is 2.87. The van der Waals surface area contributed by atoms with Gasteiger partial charge < -0.3 is 24.4 Å². The van der Waals surface area contributed by atoms with Gasteiger partial charge in [0.15, 0.2) is 11.5 Å². The predicted molar refractivity (Wildman–Crippen MR) is 121 cm³/mol. The second kappa shape index (κ2) is 10.5. The molecule has 2 aliphatic rings. The summed E-state index contributed by atoms with van der Waals surface area (Å²) in [4.78, 5) is 27.2. The number of nitrogens with one attached hydrogen (secondary N) is 1. The van der Waals surface area contributed by atoms with Crippen molar-refractivity contribution in [3.05, 3.63) is 54.1 Å². The van der Waals surface area contributed by atoms with Crippen molar-refractivity contribution in [3.63, 3.8) is 0 Å². The van der Waals surface area contributed by atoms with Gasteiger partial charge in [-0.2, -0.15) is 0 Å². The normalized spacial score (nSPS) is 18.9. The van der Waals surface area contributed by atoms with Crippen LogP contribution in [0.4, 0.5) is 5.69 Å². The molecule has 170 valence electrons. The molecule has 0 aromatic heterocycles. The monoisotopic (exact) mass is 438 g/mol. The van der Waals surface area contributed by atoms with Gasteiger partial charge in [-0.3, -0.25) is 9.59 Å². The lowest BCUT2D eigenvalue weighted by Gasteiger charge is -2.32. The number of nitrogens with zero attached hydrogens (tertiary/aromatic N) is 1. The third-order valence-electron chi connectivity index (χ3n) is 5.77. The van der Waals surface area contributed by atoms with Gasteiger partial charge >= 0.3 is 0 Å². The Balaban J connectivity index is 1.32. The van der Waals surface area contributed by atoms with Gasteiger partial charge in [0.2, 0.25) is 0 Å². The molecule has 4 rings (SSSR count). The minimum atomic E-state index is -0.402. The van der Waals surface area contributed by atoms with Crippen molar-refractivity contribution < 1.29 is 23.8 Å². The number of carbonyl (C=O) groups excluding carboxylic acids is 2. The van der Waals surface area contributed by atoms with E-state index in [1.54, 1.807) is 24.3 Å². The topological polar surface area (TPSA) is 77.1 Å². The van der Waals surface area contributed by atoms with Crippen molar-refractivity contribution in [1.82, 2.24) is 4.90 Å². The van der Waals surface area contributed by atoms with Crippen LogP contribution in [0, 0.1) is 0 Å². The van der Waals surface area contributed by atoms with E-state index in [1.807, 2.05) is 36.1 Å². The fraction of sp³-hybridized carbons (Fsp3) is 0.440. The molecule has 2 heterocycles. The SMILES string of the molecule is CCOc1ccccc1OC1CCN(C(=O)c2cccc(NC(=O)C3CCCO3)c2)CC1. The zero-order valence-electron chi connectivity index (χ0n) is 18.4. The second-order valence-corrected chi connectivity index (χ2v) is 8.06. The molecule has 32 heavy (non-hydrogen) atoms. The molecule has 0 spiro atoms. The fourth-order valence-corrected chi connectivity index (χ4v) is 4.10. The van der Waals surface area contributed by atoms with Crippen LogP contribution in [0.5, 0.6) is 11.5 Å². The number of hydrogen-bond acceptors (Lipinski definition) is 5. The Bertz CT molecular complexity index is 933. The molecule has 2 aromatic carbocycles. The lowest BCUT2D eigenvalue weighted by atomic mass is 10.1. The summed E-state index contributed by atoms with van der Waals surface area (Å²) in [7, 11) is 0. The largest absolute Gasteiger partial charge is 0.490 e. The molecule has 1 N–H and O–H groups in total. The molecule has 0 radical (unpaired) electrons. The van der Waals surface area contributed by atoms with Crippen molar-refractivity contribution >= 4 is 17.5 Å². The van der Waals surface area contributed by atoms with Crippen LogP contribution in [0.2, 0.25) is 0 Å². The Morgan fingerprint density at radius 3 is 2.56 bits per heavy atom. The maximum atomic E-state index is 13.0. The number of carbonyl (C=O) groups is 2. The molecular formula is C25H30N2O5. The summed E-state index contributed by atoms with van der Waals surface area (Å²) in [5.74, 6) is 1.30. The highest BCUT2D eigenvalue weighted by atomic mass is 16.5. The molecule has 2 fully saturated rings. The quantitative estimate of drug-likeness (QED) is 0.710. The van der Waals surface area contributed by atoms with Crippen LogP contribution < -0.4 is 14.8 Å². The number of likely N-dealkylation sites (tertiary alicyclic amines) is 1. The first kappa shape index (κ1) is 22.1. The molecule has 1 unspecified atom stereocenters. The Morgan fingerprint density at radius 1 is 1.06 bits per heavy atom. The van der Waals surface area contributed by atoms with E-state index >= 15 is 0 Å². The lowest BCUT2D eigenvalue weighted by molar-refractivity contribution is -0.124. The van der Waals surface area contributed by atoms with Crippen LogP contribution >= 0.6 is 0 Å². The molecule has 0 aliphatic carbocycles. The van der Waals surface area contributed by atoms with Gasteiger partial charge in [-0.15, -0.1) is 0 Å². The summed E-state index contributed by atoms with van der Waals surface area (Å²) in [6.45, 7) is 4.39. The summed E-state index contributed by atoms with van der Waals surface area (Å²) in [6, 6.07) is 14.8. The maximum absolute atomic E-state index is 13.0. The van der Waals surface area contributed by atoms with Crippen LogP contribution in [0.25, 0.3) is 0 Å². The molecule has 0 saturated carbocycles. The first-order chi connectivity index (χ1) is 15.6. The van der Waals surface area contributed by atoms with Crippen LogP contribution in [0.15, 0.2) is 48.5 Å². The first-order valence-electron chi connectivity index (χ1n) is 11.3. The number of rotatable bonds is 7. The van der Waals surface area contributed by atoms with E-state index < -0.39 is 6.10 Å². The van der Waals surface area contributed by atoms with Crippen LogP contribution in [0.3, 0.4) is 0 Å². The Labute approximate surface area is 188 Å². The number of piperidine rings is 1. The number of ether oxygens (including phenoxy) is 3. The number of amides is 2. The van der Waals surface area contributed by atoms with E-state index in [1.165, 1.54) is 0 Å². The summed E-state index contributed by atoms with van der Waals surface area (Å²) in [5.41, 5.74) is 1.18. The van der Waals surface area contributed by atoms with E-state index in [4.69, 9.17) is 14.2 Å². The number of benzene rings is 2. The van der Waals surface area contributed by atoms with Gasteiger partial charge in [0.05, 0.1) is 6.61 Å². The molecule has 1 atom stereocenters. The van der Waals surface area contributed by atoms with Crippen molar-refractivity contribution in [2.24, 2.45) is 0 Å². The Kier molecular flexibility index (Phi) is 7.27. The fourth-order valence-electron chi connectivity index (χ4n) is 4.10. The molecule has 2 aromatic rings. The van der Waals surface area contributed by atoms with Gasteiger partial charge in [0.25, 0.3) is 11.8 Å². The molecule has 2 saturated heterocycles. The van der Waals surface area contributed by atoms with Crippen LogP contribution in [-0.4, -0.2) is 55.2 Å². The van der Waals surface area contributed by atoms with Gasteiger partial charge in [0.1, 0.15) is 12.2 Å². The van der Waals surface area contributed by atoms with E-state index in [2.05, 4.69) is 5.32 Å². The van der Waals surface area contributed by atoms with Gasteiger partial charge in [0, 0.05) is 43.8 Å². The summed E-state index contributed by atoms with van der Waals surface area (Å²) in [6.07, 6.45) is 2.77. The summed E-state index contributed by atoms with van der Waals surface area (Å²) < 4.78 is 17.2. The third kappa shape index (κ3) is 5.40. The minimum Gasteiger partial charge on any atom is -0.490 e. The predicted octanol–water partition coefficient (Wildman–Crippen LogP) is 3.89. The van der Waals surface area contributed by atoms with E-state index in [0.29, 0.717) is 37.6 Å². The van der Waals surface area contributed by atoms with Gasteiger partial charge in [-0.05, 0) is 50.1 Å². The minimum absolute atomic E-state index is 0.0358. The molecule has 7 nitrogen and oxygen atoms in total. The highest BCUT2D eigenvalue weighted by Gasteiger charge is 2.26. The van der Waals surface area contributed by atoms with E-state index in [0.717, 1.165) is 37.2 Å².